The average molecular weight is 300 g/mol. The summed E-state index contributed by atoms with van der Waals surface area (Å²) in [5.74, 6) is 0.117. The molecule has 0 radical (unpaired) electrons. The van der Waals surface area contributed by atoms with E-state index in [-0.39, 0.29) is 11.4 Å². The second kappa shape index (κ2) is 6.12. The van der Waals surface area contributed by atoms with Crippen LogP contribution in [-0.2, 0) is 0 Å². The van der Waals surface area contributed by atoms with E-state index in [1.54, 1.807) is 18.2 Å². The fourth-order valence-electron chi connectivity index (χ4n) is 2.58. The molecule has 2 heterocycles. The maximum absolute atomic E-state index is 13.9. The van der Waals surface area contributed by atoms with Gasteiger partial charge < -0.3 is 9.80 Å². The first-order valence-corrected chi connectivity index (χ1v) is 7.32. The van der Waals surface area contributed by atoms with Crippen LogP contribution in [0.25, 0.3) is 5.69 Å². The van der Waals surface area contributed by atoms with Gasteiger partial charge in [0.05, 0.1) is 0 Å². The van der Waals surface area contributed by atoms with E-state index in [4.69, 9.17) is 0 Å². The molecule has 3 rings (SSSR count). The third-order valence-corrected chi connectivity index (χ3v) is 3.89. The van der Waals surface area contributed by atoms with Crippen molar-refractivity contribution in [1.82, 2.24) is 19.9 Å². The predicted octanol–water partition coefficient (Wildman–Crippen LogP) is 1.42. The number of halogens is 1. The normalized spacial score (nSPS) is 15.8. The maximum atomic E-state index is 13.9. The van der Waals surface area contributed by atoms with E-state index in [0.29, 0.717) is 5.82 Å². The Balaban J connectivity index is 1.90. The van der Waals surface area contributed by atoms with E-state index in [2.05, 4.69) is 28.1 Å². The zero-order chi connectivity index (χ0) is 15.5. The van der Waals surface area contributed by atoms with Crippen LogP contribution in [0.5, 0.6) is 0 Å². The smallest absolute Gasteiger partial charge is 0.207 e. The molecule has 1 saturated heterocycles. The topological polar surface area (TPSA) is 61.0 Å². The number of para-hydroxylation sites is 1. The van der Waals surface area contributed by atoms with Crippen LogP contribution >= 0.6 is 0 Å². The quantitative estimate of drug-likeness (QED) is 0.858. The first-order chi connectivity index (χ1) is 10.7. The second-order valence-electron chi connectivity index (χ2n) is 5.15. The monoisotopic (exact) mass is 300 g/mol. The van der Waals surface area contributed by atoms with Gasteiger partial charge in [0, 0.05) is 26.2 Å². The number of hydrogen-bond donors (Lipinski definition) is 0. The van der Waals surface area contributed by atoms with Gasteiger partial charge in [-0.3, -0.25) is 0 Å². The fraction of sp³-hybridized carbons (Fsp3) is 0.400. The van der Waals surface area contributed by atoms with E-state index in [9.17, 15) is 9.65 Å². The number of nitriles is 1. The van der Waals surface area contributed by atoms with Crippen LogP contribution < -0.4 is 4.90 Å². The molecule has 1 fully saturated rings. The van der Waals surface area contributed by atoms with Crippen molar-refractivity contribution >= 4 is 5.82 Å². The van der Waals surface area contributed by atoms with E-state index in [0.717, 1.165) is 32.7 Å². The van der Waals surface area contributed by atoms with E-state index < -0.39 is 5.82 Å². The summed E-state index contributed by atoms with van der Waals surface area (Å²) >= 11 is 0. The highest BCUT2D eigenvalue weighted by atomic mass is 19.1. The molecule has 0 unspecified atom stereocenters. The average Bonchev–Trinajstić information content (AvgIpc) is 2.99. The molecule has 0 atom stereocenters. The van der Waals surface area contributed by atoms with Crippen molar-refractivity contribution in [3.8, 4) is 11.8 Å². The Hall–Kier alpha value is -2.46. The lowest BCUT2D eigenvalue weighted by Gasteiger charge is -2.33. The zero-order valence-electron chi connectivity index (χ0n) is 12.4. The van der Waals surface area contributed by atoms with Crippen LogP contribution in [0, 0.1) is 17.1 Å². The van der Waals surface area contributed by atoms with Crippen molar-refractivity contribution in [3.63, 3.8) is 0 Å². The number of benzene rings is 1. The van der Waals surface area contributed by atoms with Crippen molar-refractivity contribution in [2.45, 2.75) is 6.92 Å². The predicted molar refractivity (Wildman–Crippen MR) is 80.4 cm³/mol. The van der Waals surface area contributed by atoms with E-state index in [1.807, 2.05) is 4.90 Å². The SMILES string of the molecule is CCN1CCN(c2nn(-c3ccccc3F)nc2C#N)CC1. The summed E-state index contributed by atoms with van der Waals surface area (Å²) in [5, 5.41) is 17.7. The lowest BCUT2D eigenvalue weighted by molar-refractivity contribution is 0.270. The van der Waals surface area contributed by atoms with Gasteiger partial charge in [-0.1, -0.05) is 19.1 Å². The summed E-state index contributed by atoms with van der Waals surface area (Å²) in [6.07, 6.45) is 0. The summed E-state index contributed by atoms with van der Waals surface area (Å²) in [6.45, 7) is 6.57. The molecule has 1 aromatic carbocycles. The summed E-state index contributed by atoms with van der Waals surface area (Å²) in [5.41, 5.74) is 0.477. The van der Waals surface area contributed by atoms with Gasteiger partial charge in [-0.25, -0.2) is 4.39 Å². The zero-order valence-corrected chi connectivity index (χ0v) is 12.4. The van der Waals surface area contributed by atoms with Crippen molar-refractivity contribution in [2.75, 3.05) is 37.6 Å². The van der Waals surface area contributed by atoms with Crippen molar-refractivity contribution in [3.05, 3.63) is 35.8 Å². The lowest BCUT2D eigenvalue weighted by atomic mass is 10.3. The third kappa shape index (κ3) is 2.65. The van der Waals surface area contributed by atoms with Gasteiger partial charge in [-0.15, -0.1) is 15.0 Å². The van der Waals surface area contributed by atoms with E-state index >= 15 is 0 Å². The van der Waals surface area contributed by atoms with Crippen molar-refractivity contribution in [1.29, 1.82) is 5.26 Å². The molecule has 0 bridgehead atoms. The number of aromatic nitrogens is 3. The number of rotatable bonds is 3. The molecule has 114 valence electrons. The molecular formula is C15H17FN6. The van der Waals surface area contributed by atoms with Gasteiger partial charge in [-0.05, 0) is 18.7 Å². The fourth-order valence-corrected chi connectivity index (χ4v) is 2.58. The number of nitrogens with zero attached hydrogens (tertiary/aromatic N) is 6. The Morgan fingerprint density at radius 3 is 2.55 bits per heavy atom. The molecule has 6 nitrogen and oxygen atoms in total. The summed E-state index contributed by atoms with van der Waals surface area (Å²) < 4.78 is 13.9. The van der Waals surface area contributed by atoms with Crippen LogP contribution in [-0.4, -0.2) is 52.6 Å². The molecule has 0 spiro atoms. The molecular weight excluding hydrogens is 283 g/mol. The molecule has 1 aliphatic rings. The minimum absolute atomic E-state index is 0.230. The molecule has 0 amide bonds. The minimum atomic E-state index is -0.413. The van der Waals surface area contributed by atoms with Gasteiger partial charge in [0.15, 0.2) is 11.6 Å². The molecule has 1 aromatic heterocycles. The van der Waals surface area contributed by atoms with Gasteiger partial charge in [0.25, 0.3) is 0 Å². The number of likely N-dealkylation sites (N-methyl/N-ethyl adjacent to an activating group) is 1. The molecule has 0 N–H and O–H groups in total. The van der Waals surface area contributed by atoms with Crippen LogP contribution in [0.15, 0.2) is 24.3 Å². The number of piperazine rings is 1. The molecule has 22 heavy (non-hydrogen) atoms. The Morgan fingerprint density at radius 1 is 1.18 bits per heavy atom. The molecule has 1 aliphatic heterocycles. The maximum Gasteiger partial charge on any atom is 0.207 e. The summed E-state index contributed by atoms with van der Waals surface area (Å²) in [6, 6.07) is 8.33. The molecule has 0 saturated carbocycles. The highest BCUT2D eigenvalue weighted by Gasteiger charge is 2.23. The van der Waals surface area contributed by atoms with Crippen molar-refractivity contribution < 1.29 is 4.39 Å². The Bertz CT molecular complexity index is 696. The van der Waals surface area contributed by atoms with Gasteiger partial charge in [-0.2, -0.15) is 5.26 Å². The first kappa shape index (κ1) is 14.5. The Kier molecular flexibility index (Phi) is 4.02. The number of anilines is 1. The van der Waals surface area contributed by atoms with Crippen LogP contribution in [0.1, 0.15) is 12.6 Å². The second-order valence-corrected chi connectivity index (χ2v) is 5.15. The Labute approximate surface area is 128 Å². The van der Waals surface area contributed by atoms with Gasteiger partial charge in [0.2, 0.25) is 5.69 Å². The van der Waals surface area contributed by atoms with Gasteiger partial charge >= 0.3 is 0 Å². The van der Waals surface area contributed by atoms with Gasteiger partial charge in [0.1, 0.15) is 11.8 Å². The van der Waals surface area contributed by atoms with Crippen LogP contribution in [0.4, 0.5) is 10.2 Å². The standard InChI is InChI=1S/C15H17FN6/c1-2-20-7-9-21(10-8-20)15-13(11-17)18-22(19-15)14-6-4-3-5-12(14)16/h3-6H,2,7-10H2,1H3. The number of hydrogen-bond acceptors (Lipinski definition) is 5. The van der Waals surface area contributed by atoms with E-state index in [1.165, 1.54) is 10.9 Å². The minimum Gasteiger partial charge on any atom is -0.350 e. The highest BCUT2D eigenvalue weighted by Crippen LogP contribution is 2.20. The Morgan fingerprint density at radius 2 is 1.91 bits per heavy atom. The largest absolute Gasteiger partial charge is 0.350 e. The van der Waals surface area contributed by atoms with Crippen LogP contribution in [0.3, 0.4) is 0 Å². The molecule has 7 heteroatoms. The summed E-state index contributed by atoms with van der Waals surface area (Å²) in [7, 11) is 0. The van der Waals surface area contributed by atoms with Crippen LogP contribution in [0.2, 0.25) is 0 Å². The summed E-state index contributed by atoms with van der Waals surface area (Å²) in [4.78, 5) is 5.58. The molecule has 0 aliphatic carbocycles. The van der Waals surface area contributed by atoms with Crippen molar-refractivity contribution in [2.24, 2.45) is 0 Å². The molecule has 2 aromatic rings. The first-order valence-electron chi connectivity index (χ1n) is 7.32. The third-order valence-electron chi connectivity index (χ3n) is 3.89. The lowest BCUT2D eigenvalue weighted by Crippen LogP contribution is -2.46. The highest BCUT2D eigenvalue weighted by molar-refractivity contribution is 5.50.